The van der Waals surface area contributed by atoms with Gasteiger partial charge in [0.1, 0.15) is 10.7 Å². The van der Waals surface area contributed by atoms with Gasteiger partial charge in [-0.25, -0.2) is 18.2 Å². The second-order valence-electron chi connectivity index (χ2n) is 5.01. The number of fused-ring (bicyclic) bond motifs is 1. The summed E-state index contributed by atoms with van der Waals surface area (Å²) in [6.07, 6.45) is 0.990. The molecule has 0 aliphatic carbocycles. The van der Waals surface area contributed by atoms with E-state index in [1.165, 1.54) is 19.0 Å². The lowest BCUT2D eigenvalue weighted by atomic mass is 10.0. The summed E-state index contributed by atoms with van der Waals surface area (Å²) < 4.78 is 40.2. The predicted molar refractivity (Wildman–Crippen MR) is 77.7 cm³/mol. The minimum absolute atomic E-state index is 0.248. The average molecular weight is 358 g/mol. The number of hydrogen-bond donors (Lipinski definition) is 0. The summed E-state index contributed by atoms with van der Waals surface area (Å²) in [5.74, 6) is -7.59. The Labute approximate surface area is 139 Å². The minimum atomic E-state index is -1.76. The Morgan fingerprint density at radius 2 is 1.83 bits per heavy atom. The number of aromatic nitrogens is 1. The summed E-state index contributed by atoms with van der Waals surface area (Å²) in [7, 11) is 2.95. The summed E-state index contributed by atoms with van der Waals surface area (Å²) >= 11 is 5.78. The molecule has 1 aromatic carbocycles. The number of carbonyl (C=O) groups excluding carboxylic acids is 2. The van der Waals surface area contributed by atoms with Crippen LogP contribution in [-0.2, 0) is 4.79 Å². The van der Waals surface area contributed by atoms with Crippen LogP contribution in [0, 0.1) is 17.5 Å². The van der Waals surface area contributed by atoms with Crippen molar-refractivity contribution in [2.45, 2.75) is 0 Å². The monoisotopic (exact) mass is 357 g/mol. The van der Waals surface area contributed by atoms with Gasteiger partial charge in [0, 0.05) is 25.7 Å². The second-order valence-corrected chi connectivity index (χ2v) is 5.37. The number of benzene rings is 1. The van der Waals surface area contributed by atoms with Crippen molar-refractivity contribution >= 4 is 34.3 Å². The minimum Gasteiger partial charge on any atom is -0.545 e. The zero-order chi connectivity index (χ0) is 18.2. The van der Waals surface area contributed by atoms with E-state index < -0.39 is 51.0 Å². The molecule has 2 aromatic rings. The molecule has 0 fully saturated rings. The van der Waals surface area contributed by atoms with Gasteiger partial charge in [-0.15, -0.1) is 0 Å². The smallest absolute Gasteiger partial charge is 0.199 e. The average Bonchev–Trinajstić information content (AvgIpc) is 2.50. The molecule has 0 unspecified atom stereocenters. The van der Waals surface area contributed by atoms with Crippen LogP contribution < -0.4 is 5.11 Å². The third kappa shape index (κ3) is 3.18. The topological polar surface area (TPSA) is 73.3 Å². The SMILES string of the molecule is CN(C)/C=C(\C(=O)[O-])C(=O)c1cc2cc(F)c(F)c(F)c2nc1Cl. The Morgan fingerprint density at radius 1 is 1.21 bits per heavy atom. The number of nitrogens with zero attached hydrogens (tertiary/aromatic N) is 2. The van der Waals surface area contributed by atoms with Crippen LogP contribution in [-0.4, -0.2) is 35.7 Å². The lowest BCUT2D eigenvalue weighted by molar-refractivity contribution is -0.298. The molecule has 0 saturated carbocycles. The van der Waals surface area contributed by atoms with Crippen molar-refractivity contribution in [3.63, 3.8) is 0 Å². The summed E-state index contributed by atoms with van der Waals surface area (Å²) in [5.41, 5.74) is -1.72. The zero-order valence-electron chi connectivity index (χ0n) is 12.4. The Kier molecular flexibility index (Phi) is 4.79. The summed E-state index contributed by atoms with van der Waals surface area (Å²) in [6, 6.07) is 1.56. The number of halogens is 4. The summed E-state index contributed by atoms with van der Waals surface area (Å²) in [5, 5.41) is 10.3. The molecule has 0 bridgehead atoms. The largest absolute Gasteiger partial charge is 0.545 e. The van der Waals surface area contributed by atoms with Gasteiger partial charge >= 0.3 is 0 Å². The van der Waals surface area contributed by atoms with E-state index in [1.54, 1.807) is 0 Å². The first-order valence-corrected chi connectivity index (χ1v) is 6.79. The quantitative estimate of drug-likeness (QED) is 0.208. The van der Waals surface area contributed by atoms with E-state index in [4.69, 9.17) is 11.6 Å². The first-order chi connectivity index (χ1) is 11.1. The molecule has 24 heavy (non-hydrogen) atoms. The highest BCUT2D eigenvalue weighted by Crippen LogP contribution is 2.27. The van der Waals surface area contributed by atoms with E-state index in [0.29, 0.717) is 6.07 Å². The van der Waals surface area contributed by atoms with E-state index >= 15 is 0 Å². The molecular formula is C15H9ClF3N2O3-. The molecule has 2 rings (SSSR count). The molecule has 0 N–H and O–H groups in total. The lowest BCUT2D eigenvalue weighted by Gasteiger charge is -2.13. The third-order valence-electron chi connectivity index (χ3n) is 2.99. The van der Waals surface area contributed by atoms with Crippen molar-refractivity contribution < 1.29 is 27.9 Å². The Hall–Kier alpha value is -2.61. The fourth-order valence-corrected chi connectivity index (χ4v) is 2.19. The van der Waals surface area contributed by atoms with Crippen molar-refractivity contribution in [3.05, 3.63) is 52.1 Å². The molecule has 0 atom stereocenters. The normalized spacial score (nSPS) is 11.7. The molecule has 1 aromatic heterocycles. The Morgan fingerprint density at radius 3 is 2.38 bits per heavy atom. The maximum atomic E-state index is 13.7. The molecule has 9 heteroatoms. The van der Waals surface area contributed by atoms with Gasteiger partial charge < -0.3 is 14.8 Å². The van der Waals surface area contributed by atoms with Gasteiger partial charge in [-0.2, -0.15) is 0 Å². The number of ketones is 1. The van der Waals surface area contributed by atoms with Crippen LogP contribution in [0.3, 0.4) is 0 Å². The molecule has 1 heterocycles. The maximum Gasteiger partial charge on any atom is 0.199 e. The summed E-state index contributed by atoms with van der Waals surface area (Å²) in [6.45, 7) is 0. The zero-order valence-corrected chi connectivity index (χ0v) is 13.1. The molecule has 5 nitrogen and oxygen atoms in total. The van der Waals surface area contributed by atoms with E-state index in [0.717, 1.165) is 12.3 Å². The van der Waals surface area contributed by atoms with Crippen molar-refractivity contribution in [2.75, 3.05) is 14.1 Å². The van der Waals surface area contributed by atoms with Gasteiger partial charge in [0.15, 0.2) is 23.2 Å². The van der Waals surface area contributed by atoms with E-state index in [-0.39, 0.29) is 5.39 Å². The Balaban J connectivity index is 2.69. The number of rotatable bonds is 4. The highest BCUT2D eigenvalue weighted by atomic mass is 35.5. The van der Waals surface area contributed by atoms with E-state index in [2.05, 4.69) is 4.98 Å². The van der Waals surface area contributed by atoms with E-state index in [1.807, 2.05) is 0 Å². The Bertz CT molecular complexity index is 897. The van der Waals surface area contributed by atoms with Crippen LogP contribution in [0.4, 0.5) is 13.2 Å². The molecule has 0 radical (unpaired) electrons. The number of carboxylic acids is 1. The highest BCUT2D eigenvalue weighted by Gasteiger charge is 2.22. The molecule has 0 aliphatic heterocycles. The standard InChI is InChI=1S/C15H10ClF3N2O3/c1-21(2)5-8(15(23)24)13(22)7-3-6-4-9(17)10(18)11(19)12(6)20-14(7)16/h3-5H,1-2H3,(H,23,24)/p-1/b8-5-. The van der Waals surface area contributed by atoms with Crippen LogP contribution in [0.15, 0.2) is 23.9 Å². The number of Topliss-reactive ketones (excluding diaryl/α,β-unsaturated/α-hetero) is 1. The van der Waals surface area contributed by atoms with Gasteiger partial charge in [-0.3, -0.25) is 4.79 Å². The second kappa shape index (κ2) is 6.48. The van der Waals surface area contributed by atoms with Gasteiger partial charge in [-0.05, 0) is 12.1 Å². The van der Waals surface area contributed by atoms with Gasteiger partial charge in [0.05, 0.1) is 17.1 Å². The first kappa shape index (κ1) is 17.7. The van der Waals surface area contributed by atoms with Crippen molar-refractivity contribution in [2.24, 2.45) is 0 Å². The van der Waals surface area contributed by atoms with Crippen LogP contribution in [0.25, 0.3) is 10.9 Å². The predicted octanol–water partition coefficient (Wildman–Crippen LogP) is 1.68. The molecule has 0 spiro atoms. The van der Waals surface area contributed by atoms with Crippen LogP contribution in [0.5, 0.6) is 0 Å². The van der Waals surface area contributed by atoms with Gasteiger partial charge in [0.2, 0.25) is 0 Å². The number of carbonyl (C=O) groups is 2. The maximum absolute atomic E-state index is 13.7. The molecule has 0 amide bonds. The van der Waals surface area contributed by atoms with Crippen LogP contribution in [0.2, 0.25) is 5.15 Å². The number of pyridine rings is 1. The molecular weight excluding hydrogens is 349 g/mol. The van der Waals surface area contributed by atoms with Crippen LogP contribution in [0.1, 0.15) is 10.4 Å². The summed E-state index contributed by atoms with van der Waals surface area (Å²) in [4.78, 5) is 28.3. The number of carboxylic acid groups (broad SMARTS) is 1. The van der Waals surface area contributed by atoms with Crippen LogP contribution >= 0.6 is 11.6 Å². The van der Waals surface area contributed by atoms with Crippen molar-refractivity contribution in [3.8, 4) is 0 Å². The molecule has 0 saturated heterocycles. The fraction of sp³-hybridized carbons (Fsp3) is 0.133. The van der Waals surface area contributed by atoms with E-state index in [9.17, 15) is 27.9 Å². The third-order valence-corrected chi connectivity index (χ3v) is 3.28. The van der Waals surface area contributed by atoms with Gasteiger partial charge in [0.25, 0.3) is 0 Å². The highest BCUT2D eigenvalue weighted by molar-refractivity contribution is 6.36. The van der Waals surface area contributed by atoms with Crippen molar-refractivity contribution in [1.82, 2.24) is 9.88 Å². The molecule has 126 valence electrons. The van der Waals surface area contributed by atoms with Crippen molar-refractivity contribution in [1.29, 1.82) is 0 Å². The van der Waals surface area contributed by atoms with Gasteiger partial charge in [-0.1, -0.05) is 11.6 Å². The number of hydrogen-bond acceptors (Lipinski definition) is 5. The fourth-order valence-electron chi connectivity index (χ4n) is 1.97. The molecule has 0 aliphatic rings. The lowest BCUT2D eigenvalue weighted by Crippen LogP contribution is -2.30. The first-order valence-electron chi connectivity index (χ1n) is 6.41. The number of aliphatic carboxylic acids is 1.